The summed E-state index contributed by atoms with van der Waals surface area (Å²) >= 11 is 0. The molecule has 2 aliphatic rings. The van der Waals surface area contributed by atoms with Gasteiger partial charge in [-0.25, -0.2) is 4.98 Å². The zero-order chi connectivity index (χ0) is 18.7. The summed E-state index contributed by atoms with van der Waals surface area (Å²) in [5.74, 6) is 1.24. The van der Waals surface area contributed by atoms with Gasteiger partial charge in [-0.1, -0.05) is 31.2 Å². The van der Waals surface area contributed by atoms with Gasteiger partial charge in [-0.3, -0.25) is 9.69 Å². The van der Waals surface area contributed by atoms with Gasteiger partial charge in [0.05, 0.1) is 5.41 Å². The number of pyridine rings is 1. The largest absolute Gasteiger partial charge is 0.354 e. The maximum atomic E-state index is 12.7. The van der Waals surface area contributed by atoms with Gasteiger partial charge in [0.25, 0.3) is 0 Å². The highest BCUT2D eigenvalue weighted by Crippen LogP contribution is 2.43. The third-order valence-corrected chi connectivity index (χ3v) is 6.15. The van der Waals surface area contributed by atoms with E-state index in [9.17, 15) is 4.79 Å². The number of anilines is 2. The highest BCUT2D eigenvalue weighted by atomic mass is 16.2. The Balaban J connectivity index is 1.32. The molecule has 0 saturated carbocycles. The lowest BCUT2D eigenvalue weighted by molar-refractivity contribution is -0.121. The molecule has 2 aromatic rings. The van der Waals surface area contributed by atoms with Crippen molar-refractivity contribution in [2.75, 3.05) is 42.9 Å². The van der Waals surface area contributed by atoms with Crippen LogP contribution in [0.4, 0.5) is 11.5 Å². The van der Waals surface area contributed by atoms with E-state index in [1.54, 1.807) is 0 Å². The Hall–Kier alpha value is -2.40. The van der Waals surface area contributed by atoms with Gasteiger partial charge in [-0.15, -0.1) is 0 Å². The van der Waals surface area contributed by atoms with Gasteiger partial charge in [-0.2, -0.15) is 0 Å². The van der Waals surface area contributed by atoms with Crippen molar-refractivity contribution in [1.29, 1.82) is 0 Å². The zero-order valence-electron chi connectivity index (χ0n) is 16.0. The van der Waals surface area contributed by atoms with Crippen LogP contribution in [0.2, 0.25) is 0 Å². The van der Waals surface area contributed by atoms with E-state index >= 15 is 0 Å². The number of para-hydroxylation sites is 1. The van der Waals surface area contributed by atoms with Crippen LogP contribution in [-0.2, 0) is 10.2 Å². The van der Waals surface area contributed by atoms with Gasteiger partial charge in [-0.05, 0) is 49.6 Å². The van der Waals surface area contributed by atoms with E-state index in [-0.39, 0.29) is 11.3 Å². The average Bonchev–Trinajstić information content (AvgIpc) is 3.01. The minimum Gasteiger partial charge on any atom is -0.354 e. The lowest BCUT2D eigenvalue weighted by Gasteiger charge is -2.36. The maximum absolute atomic E-state index is 12.7. The van der Waals surface area contributed by atoms with Gasteiger partial charge >= 0.3 is 0 Å². The molecule has 0 bridgehead atoms. The number of nitrogens with zero attached hydrogens (tertiary/aromatic N) is 3. The summed E-state index contributed by atoms with van der Waals surface area (Å²) in [7, 11) is 0. The third-order valence-electron chi connectivity index (χ3n) is 6.15. The molecule has 0 aliphatic carbocycles. The molecule has 4 rings (SSSR count). The zero-order valence-corrected chi connectivity index (χ0v) is 16.0. The summed E-state index contributed by atoms with van der Waals surface area (Å²) in [6.45, 7) is 7.32. The van der Waals surface area contributed by atoms with E-state index in [1.165, 1.54) is 5.56 Å². The van der Waals surface area contributed by atoms with Gasteiger partial charge in [0, 0.05) is 38.1 Å². The molecular formula is C22H28N4O. The number of fused-ring (bicyclic) bond motifs is 1. The second kappa shape index (κ2) is 7.69. The van der Waals surface area contributed by atoms with Crippen LogP contribution in [0.1, 0.15) is 31.7 Å². The van der Waals surface area contributed by atoms with Gasteiger partial charge in [0.15, 0.2) is 0 Å². The number of nitrogens with one attached hydrogen (secondary N) is 1. The second-order valence-electron chi connectivity index (χ2n) is 7.56. The molecule has 27 heavy (non-hydrogen) atoms. The minimum absolute atomic E-state index is 0.172. The van der Waals surface area contributed by atoms with E-state index in [2.05, 4.69) is 39.2 Å². The molecule has 1 N–H and O–H groups in total. The highest BCUT2D eigenvalue weighted by molar-refractivity contribution is 6.06. The van der Waals surface area contributed by atoms with Crippen LogP contribution in [0.3, 0.4) is 0 Å². The molecule has 0 radical (unpaired) electrons. The maximum Gasteiger partial charge on any atom is 0.235 e. The fourth-order valence-electron chi connectivity index (χ4n) is 4.50. The van der Waals surface area contributed by atoms with Crippen LogP contribution >= 0.6 is 0 Å². The molecule has 3 heterocycles. The van der Waals surface area contributed by atoms with Crippen molar-refractivity contribution < 1.29 is 4.79 Å². The standard InChI is InChI=1S/C22H28N4O/c1-2-22(18-8-3-4-9-19(18)24-21(22)27)11-7-13-25-14-16-26(17-15-25)20-10-5-6-12-23-20/h3-6,8-10,12H,2,7,11,13-17H2,1H3,(H,24,27). The number of amides is 1. The van der Waals surface area contributed by atoms with E-state index in [0.717, 1.165) is 63.5 Å². The minimum atomic E-state index is -0.355. The van der Waals surface area contributed by atoms with Crippen molar-refractivity contribution in [3.05, 3.63) is 54.2 Å². The van der Waals surface area contributed by atoms with Crippen molar-refractivity contribution in [3.63, 3.8) is 0 Å². The molecule has 5 heteroatoms. The monoisotopic (exact) mass is 364 g/mol. The molecule has 0 spiro atoms. The SMILES string of the molecule is CCC1(CCCN2CCN(c3ccccn3)CC2)C(=O)Nc2ccccc21. The van der Waals surface area contributed by atoms with Gasteiger partial charge < -0.3 is 10.2 Å². The van der Waals surface area contributed by atoms with E-state index in [4.69, 9.17) is 0 Å². The number of rotatable bonds is 6. The molecule has 5 nitrogen and oxygen atoms in total. The number of piperazine rings is 1. The second-order valence-corrected chi connectivity index (χ2v) is 7.56. The van der Waals surface area contributed by atoms with Gasteiger partial charge in [0.2, 0.25) is 5.91 Å². The van der Waals surface area contributed by atoms with E-state index < -0.39 is 0 Å². The van der Waals surface area contributed by atoms with E-state index in [1.807, 2.05) is 36.5 Å². The Morgan fingerprint density at radius 2 is 1.85 bits per heavy atom. The van der Waals surface area contributed by atoms with E-state index in [0.29, 0.717) is 0 Å². The summed E-state index contributed by atoms with van der Waals surface area (Å²) in [6.07, 6.45) is 4.66. The molecule has 142 valence electrons. The first kappa shape index (κ1) is 18.0. The molecule has 1 aromatic heterocycles. The molecule has 2 aliphatic heterocycles. The first-order chi connectivity index (χ1) is 13.2. The summed E-state index contributed by atoms with van der Waals surface area (Å²) in [5, 5.41) is 3.09. The fraction of sp³-hybridized carbons (Fsp3) is 0.455. The molecular weight excluding hydrogens is 336 g/mol. The first-order valence-electron chi connectivity index (χ1n) is 10.0. The molecule has 1 unspecified atom stereocenters. The number of aromatic nitrogens is 1. The fourth-order valence-corrected chi connectivity index (χ4v) is 4.50. The number of hydrogen-bond acceptors (Lipinski definition) is 4. The molecule has 1 atom stereocenters. The quantitative estimate of drug-likeness (QED) is 0.855. The first-order valence-corrected chi connectivity index (χ1v) is 10.0. The number of carbonyl (C=O) groups is 1. The third kappa shape index (κ3) is 3.44. The Bertz CT molecular complexity index is 786. The Labute approximate surface area is 161 Å². The molecule has 1 amide bonds. The topological polar surface area (TPSA) is 48.5 Å². The number of hydrogen-bond donors (Lipinski definition) is 1. The lowest BCUT2D eigenvalue weighted by Crippen LogP contribution is -2.47. The molecule has 1 aromatic carbocycles. The number of benzene rings is 1. The lowest BCUT2D eigenvalue weighted by atomic mass is 9.75. The molecule has 1 saturated heterocycles. The van der Waals surface area contributed by atoms with Crippen LogP contribution in [0.25, 0.3) is 0 Å². The Kier molecular flexibility index (Phi) is 5.12. The summed E-state index contributed by atoms with van der Waals surface area (Å²) in [6, 6.07) is 14.2. The smallest absolute Gasteiger partial charge is 0.235 e. The highest BCUT2D eigenvalue weighted by Gasteiger charge is 2.44. The average molecular weight is 364 g/mol. The van der Waals surface area contributed by atoms with Crippen LogP contribution in [0, 0.1) is 0 Å². The van der Waals surface area contributed by atoms with Crippen LogP contribution in [0.15, 0.2) is 48.7 Å². The van der Waals surface area contributed by atoms with Crippen molar-refractivity contribution >= 4 is 17.4 Å². The summed E-state index contributed by atoms with van der Waals surface area (Å²) in [4.78, 5) is 22.0. The van der Waals surface area contributed by atoms with Crippen molar-refractivity contribution in [1.82, 2.24) is 9.88 Å². The number of carbonyl (C=O) groups excluding carboxylic acids is 1. The van der Waals surface area contributed by atoms with Crippen LogP contribution in [-0.4, -0.2) is 48.5 Å². The van der Waals surface area contributed by atoms with Crippen molar-refractivity contribution in [2.45, 2.75) is 31.6 Å². The summed E-state index contributed by atoms with van der Waals surface area (Å²) < 4.78 is 0. The van der Waals surface area contributed by atoms with Crippen molar-refractivity contribution in [3.8, 4) is 0 Å². The van der Waals surface area contributed by atoms with Crippen LogP contribution < -0.4 is 10.2 Å². The van der Waals surface area contributed by atoms with Gasteiger partial charge in [0.1, 0.15) is 5.82 Å². The van der Waals surface area contributed by atoms with Crippen LogP contribution in [0.5, 0.6) is 0 Å². The normalized spacial score (nSPS) is 22.6. The summed E-state index contributed by atoms with van der Waals surface area (Å²) in [5.41, 5.74) is 1.82. The Morgan fingerprint density at radius 1 is 1.07 bits per heavy atom. The van der Waals surface area contributed by atoms with Crippen molar-refractivity contribution in [2.24, 2.45) is 0 Å². The predicted octanol–water partition coefficient (Wildman–Crippen LogP) is 3.28. The molecule has 1 fully saturated rings. The Morgan fingerprint density at radius 3 is 2.59 bits per heavy atom. The predicted molar refractivity (Wildman–Crippen MR) is 109 cm³/mol.